The third-order valence-corrected chi connectivity index (χ3v) is 6.36. The summed E-state index contributed by atoms with van der Waals surface area (Å²) in [5.41, 5.74) is 12.8. The summed E-state index contributed by atoms with van der Waals surface area (Å²) in [5, 5.41) is 2.91. The van der Waals surface area contributed by atoms with E-state index in [-0.39, 0.29) is 29.3 Å². The Morgan fingerprint density at radius 3 is 2.19 bits per heavy atom. The topological polar surface area (TPSA) is 145 Å². The van der Waals surface area contributed by atoms with Crippen LogP contribution >= 0.6 is 11.5 Å². The molecule has 3 amide bonds. The second-order valence-corrected chi connectivity index (χ2v) is 8.88. The fourth-order valence-electron chi connectivity index (χ4n) is 3.73. The lowest BCUT2D eigenvalue weighted by Gasteiger charge is -2.29. The van der Waals surface area contributed by atoms with Crippen molar-refractivity contribution in [1.29, 1.82) is 0 Å². The van der Waals surface area contributed by atoms with Gasteiger partial charge in [-0.25, -0.2) is 0 Å². The highest BCUT2D eigenvalue weighted by atomic mass is 32.1. The number of aromatic nitrogens is 1. The standard InChI is InChI=1S/C26H25N5O4S/c1-16-12-13-19(35-16)22(25(33)29-14-17-8-4-2-5-9-17)31(15-18-10-6-3-7-11-18)26(34)23-20(27)21(24(28)32)30-36-23/h2-13,22H,14-15,27H2,1H3,(H2,28,32)(H,29,33). The fraction of sp³-hybridized carbons (Fsp3) is 0.154. The number of nitrogens with two attached hydrogens (primary N) is 2. The molecule has 0 aliphatic rings. The van der Waals surface area contributed by atoms with E-state index >= 15 is 0 Å². The van der Waals surface area contributed by atoms with E-state index in [1.165, 1.54) is 4.90 Å². The number of benzene rings is 2. The van der Waals surface area contributed by atoms with Crippen molar-refractivity contribution in [2.45, 2.75) is 26.1 Å². The highest BCUT2D eigenvalue weighted by molar-refractivity contribution is 7.09. The molecule has 9 nitrogen and oxygen atoms in total. The van der Waals surface area contributed by atoms with E-state index in [1.54, 1.807) is 19.1 Å². The zero-order chi connectivity index (χ0) is 25.7. The third kappa shape index (κ3) is 5.44. The number of aryl methyl sites for hydroxylation is 1. The molecule has 36 heavy (non-hydrogen) atoms. The Bertz CT molecular complexity index is 1370. The van der Waals surface area contributed by atoms with Crippen LogP contribution in [0.15, 0.2) is 77.2 Å². The number of hydrogen-bond donors (Lipinski definition) is 3. The Balaban J connectivity index is 1.74. The second kappa shape index (κ2) is 10.9. The lowest BCUT2D eigenvalue weighted by atomic mass is 10.1. The molecule has 0 spiro atoms. The summed E-state index contributed by atoms with van der Waals surface area (Å²) >= 11 is 0.762. The van der Waals surface area contributed by atoms with Gasteiger partial charge in [0.25, 0.3) is 17.7 Å². The van der Waals surface area contributed by atoms with E-state index in [0.717, 1.165) is 22.7 Å². The van der Waals surface area contributed by atoms with Crippen LogP contribution in [0.5, 0.6) is 0 Å². The van der Waals surface area contributed by atoms with E-state index in [0.29, 0.717) is 11.5 Å². The van der Waals surface area contributed by atoms with E-state index in [2.05, 4.69) is 9.69 Å². The molecule has 0 bridgehead atoms. The highest BCUT2D eigenvalue weighted by Crippen LogP contribution is 2.31. The SMILES string of the molecule is Cc1ccc(C(C(=O)NCc2ccccc2)N(Cc2ccccc2)C(=O)c2snc(C(N)=O)c2N)o1. The first-order valence-electron chi connectivity index (χ1n) is 11.1. The summed E-state index contributed by atoms with van der Waals surface area (Å²) in [5.74, 6) is -0.964. The van der Waals surface area contributed by atoms with Crippen LogP contribution in [0.2, 0.25) is 0 Å². The van der Waals surface area contributed by atoms with Gasteiger partial charge in [0, 0.05) is 13.1 Å². The molecule has 184 valence electrons. The van der Waals surface area contributed by atoms with Gasteiger partial charge in [-0.3, -0.25) is 14.4 Å². The maximum absolute atomic E-state index is 13.8. The smallest absolute Gasteiger partial charge is 0.270 e. The number of carbonyl (C=O) groups is 3. The second-order valence-electron chi connectivity index (χ2n) is 8.11. The number of hydrogen-bond acceptors (Lipinski definition) is 7. The number of amides is 3. The Morgan fingerprint density at radius 1 is 1.00 bits per heavy atom. The molecule has 10 heteroatoms. The quantitative estimate of drug-likeness (QED) is 0.319. The van der Waals surface area contributed by atoms with Crippen LogP contribution < -0.4 is 16.8 Å². The van der Waals surface area contributed by atoms with Crippen LogP contribution in [0.4, 0.5) is 5.69 Å². The maximum Gasteiger partial charge on any atom is 0.270 e. The average Bonchev–Trinajstić information content (AvgIpc) is 3.48. The summed E-state index contributed by atoms with van der Waals surface area (Å²) in [7, 11) is 0. The molecule has 2 aromatic heterocycles. The first kappa shape index (κ1) is 24.7. The van der Waals surface area contributed by atoms with Crippen molar-refractivity contribution in [3.8, 4) is 0 Å². The molecule has 2 aromatic carbocycles. The summed E-state index contributed by atoms with van der Waals surface area (Å²) in [4.78, 5) is 40.5. The number of anilines is 1. The van der Waals surface area contributed by atoms with Gasteiger partial charge >= 0.3 is 0 Å². The predicted molar refractivity (Wildman–Crippen MR) is 136 cm³/mol. The number of furan rings is 1. The molecule has 0 saturated heterocycles. The normalized spacial score (nSPS) is 11.6. The number of rotatable bonds is 9. The number of nitrogens with one attached hydrogen (secondary N) is 1. The summed E-state index contributed by atoms with van der Waals surface area (Å²) in [6.07, 6.45) is 0. The monoisotopic (exact) mass is 503 g/mol. The van der Waals surface area contributed by atoms with Crippen molar-refractivity contribution < 1.29 is 18.8 Å². The van der Waals surface area contributed by atoms with Gasteiger partial charge in [0.05, 0.1) is 5.69 Å². The molecular formula is C26H25N5O4S. The van der Waals surface area contributed by atoms with Gasteiger partial charge < -0.3 is 26.1 Å². The molecule has 0 saturated carbocycles. The van der Waals surface area contributed by atoms with Crippen LogP contribution in [-0.4, -0.2) is 27.0 Å². The van der Waals surface area contributed by atoms with Crippen molar-refractivity contribution in [2.24, 2.45) is 5.73 Å². The number of nitrogen functional groups attached to an aromatic ring is 1. The fourth-order valence-corrected chi connectivity index (χ4v) is 4.49. The average molecular weight is 504 g/mol. The van der Waals surface area contributed by atoms with Gasteiger partial charge in [-0.05, 0) is 41.7 Å². The predicted octanol–water partition coefficient (Wildman–Crippen LogP) is 3.43. The molecule has 0 aliphatic heterocycles. The molecule has 1 atom stereocenters. The molecule has 1 unspecified atom stereocenters. The first-order chi connectivity index (χ1) is 17.3. The minimum absolute atomic E-state index is 0.0175. The molecule has 0 fully saturated rings. The van der Waals surface area contributed by atoms with Crippen molar-refractivity contribution in [3.05, 3.63) is 106 Å². The van der Waals surface area contributed by atoms with Crippen molar-refractivity contribution in [2.75, 3.05) is 5.73 Å². The Labute approximate surface area is 211 Å². The van der Waals surface area contributed by atoms with Crippen LogP contribution in [0.1, 0.15) is 48.8 Å². The van der Waals surface area contributed by atoms with Crippen LogP contribution in [0.25, 0.3) is 0 Å². The van der Waals surface area contributed by atoms with Crippen molar-refractivity contribution in [1.82, 2.24) is 14.6 Å². The zero-order valence-corrected chi connectivity index (χ0v) is 20.3. The van der Waals surface area contributed by atoms with Gasteiger partial charge in [-0.15, -0.1) is 0 Å². The largest absolute Gasteiger partial charge is 0.464 e. The minimum atomic E-state index is -1.12. The summed E-state index contributed by atoms with van der Waals surface area (Å²) < 4.78 is 9.78. The minimum Gasteiger partial charge on any atom is -0.464 e. The van der Waals surface area contributed by atoms with E-state index in [1.807, 2.05) is 60.7 Å². The van der Waals surface area contributed by atoms with Crippen LogP contribution in [0.3, 0.4) is 0 Å². The summed E-state index contributed by atoms with van der Waals surface area (Å²) in [6.45, 7) is 2.09. The Hall–Kier alpha value is -4.44. The number of carbonyl (C=O) groups excluding carboxylic acids is 3. The number of primary amides is 1. The van der Waals surface area contributed by atoms with Gasteiger partial charge in [0.2, 0.25) is 0 Å². The molecule has 4 aromatic rings. The Kier molecular flexibility index (Phi) is 7.45. The van der Waals surface area contributed by atoms with Crippen molar-refractivity contribution >= 4 is 34.9 Å². The van der Waals surface area contributed by atoms with Crippen molar-refractivity contribution in [3.63, 3.8) is 0 Å². The van der Waals surface area contributed by atoms with Gasteiger partial charge in [0.15, 0.2) is 11.7 Å². The van der Waals surface area contributed by atoms with E-state index < -0.39 is 23.8 Å². The highest BCUT2D eigenvalue weighted by Gasteiger charge is 2.36. The van der Waals surface area contributed by atoms with Crippen LogP contribution in [0, 0.1) is 6.92 Å². The lowest BCUT2D eigenvalue weighted by molar-refractivity contribution is -0.126. The Morgan fingerprint density at radius 2 is 1.64 bits per heavy atom. The third-order valence-electron chi connectivity index (χ3n) is 5.51. The summed E-state index contributed by atoms with van der Waals surface area (Å²) in [6, 6.07) is 20.9. The van der Waals surface area contributed by atoms with E-state index in [9.17, 15) is 14.4 Å². The first-order valence-corrected chi connectivity index (χ1v) is 11.9. The maximum atomic E-state index is 13.8. The number of nitrogens with zero attached hydrogens (tertiary/aromatic N) is 2. The molecule has 0 aliphatic carbocycles. The molecule has 2 heterocycles. The van der Waals surface area contributed by atoms with Gasteiger partial charge in [-0.2, -0.15) is 4.37 Å². The molecule has 0 radical (unpaired) electrons. The molecular weight excluding hydrogens is 478 g/mol. The van der Waals surface area contributed by atoms with E-state index in [4.69, 9.17) is 15.9 Å². The lowest BCUT2D eigenvalue weighted by Crippen LogP contribution is -2.43. The van der Waals surface area contributed by atoms with Gasteiger partial charge in [-0.1, -0.05) is 60.7 Å². The molecule has 5 N–H and O–H groups in total. The molecule has 4 rings (SSSR count). The zero-order valence-electron chi connectivity index (χ0n) is 19.5. The van der Waals surface area contributed by atoms with Crippen LogP contribution in [-0.2, 0) is 17.9 Å². The van der Waals surface area contributed by atoms with Gasteiger partial charge in [0.1, 0.15) is 16.4 Å².